The highest BCUT2D eigenvalue weighted by Gasteiger charge is 2.27. The quantitative estimate of drug-likeness (QED) is 0.513. The minimum Gasteiger partial charge on any atom is -0.387 e. The number of aliphatic hydroxyl groups excluding tert-OH is 1. The molecule has 1 aliphatic heterocycles. The SMILES string of the molecule is [CH2]C1CCN1C(=O)CO. The van der Waals surface area contributed by atoms with E-state index >= 15 is 0 Å². The minimum atomic E-state index is -0.383. The summed E-state index contributed by atoms with van der Waals surface area (Å²) in [6.45, 7) is 4.06. The summed E-state index contributed by atoms with van der Waals surface area (Å²) in [5.41, 5.74) is 0. The second kappa shape index (κ2) is 2.35. The van der Waals surface area contributed by atoms with Gasteiger partial charge in [-0.2, -0.15) is 0 Å². The molecule has 1 radical (unpaired) electrons. The van der Waals surface area contributed by atoms with Crippen LogP contribution in [0.25, 0.3) is 0 Å². The van der Waals surface area contributed by atoms with Gasteiger partial charge in [-0.1, -0.05) is 0 Å². The maximum atomic E-state index is 10.6. The first kappa shape index (κ1) is 6.55. The molecular formula is C6H10NO2. The second-order valence-electron chi connectivity index (χ2n) is 2.19. The van der Waals surface area contributed by atoms with E-state index in [2.05, 4.69) is 6.92 Å². The fourth-order valence-corrected chi connectivity index (χ4v) is 0.860. The van der Waals surface area contributed by atoms with Crippen LogP contribution in [0, 0.1) is 6.92 Å². The largest absolute Gasteiger partial charge is 0.387 e. The molecule has 1 saturated heterocycles. The van der Waals surface area contributed by atoms with E-state index < -0.39 is 0 Å². The van der Waals surface area contributed by atoms with Gasteiger partial charge in [-0.25, -0.2) is 0 Å². The summed E-state index contributed by atoms with van der Waals surface area (Å²) in [5, 5.41) is 8.37. The first-order valence-corrected chi connectivity index (χ1v) is 2.99. The van der Waals surface area contributed by atoms with Crippen LogP contribution in [-0.4, -0.2) is 35.1 Å². The van der Waals surface area contributed by atoms with Crippen molar-refractivity contribution in [2.45, 2.75) is 12.5 Å². The number of aliphatic hydroxyl groups is 1. The van der Waals surface area contributed by atoms with Gasteiger partial charge in [-0.3, -0.25) is 4.79 Å². The third-order valence-electron chi connectivity index (χ3n) is 1.60. The van der Waals surface area contributed by atoms with E-state index in [4.69, 9.17) is 5.11 Å². The lowest BCUT2D eigenvalue weighted by Gasteiger charge is -2.38. The minimum absolute atomic E-state index is 0.102. The van der Waals surface area contributed by atoms with Crippen LogP contribution >= 0.6 is 0 Å². The van der Waals surface area contributed by atoms with Gasteiger partial charge in [0.15, 0.2) is 0 Å². The second-order valence-corrected chi connectivity index (χ2v) is 2.19. The molecule has 0 aromatic rings. The molecular weight excluding hydrogens is 118 g/mol. The molecule has 0 aliphatic carbocycles. The van der Waals surface area contributed by atoms with Gasteiger partial charge < -0.3 is 10.0 Å². The van der Waals surface area contributed by atoms with Gasteiger partial charge >= 0.3 is 0 Å². The summed E-state index contributed by atoms with van der Waals surface area (Å²) in [6.07, 6.45) is 0.964. The summed E-state index contributed by atoms with van der Waals surface area (Å²) in [6, 6.07) is 0.102. The van der Waals surface area contributed by atoms with Crippen molar-refractivity contribution in [1.29, 1.82) is 0 Å². The number of hydrogen-bond acceptors (Lipinski definition) is 2. The molecule has 1 atom stereocenters. The Morgan fingerprint density at radius 1 is 1.89 bits per heavy atom. The average Bonchev–Trinajstić information content (AvgIpc) is 1.84. The molecule has 1 aliphatic rings. The summed E-state index contributed by atoms with van der Waals surface area (Å²) < 4.78 is 0. The Hall–Kier alpha value is -0.570. The van der Waals surface area contributed by atoms with Crippen LogP contribution in [0.3, 0.4) is 0 Å². The van der Waals surface area contributed by atoms with Crippen molar-refractivity contribution in [2.24, 2.45) is 0 Å². The Morgan fingerprint density at radius 2 is 2.56 bits per heavy atom. The number of amides is 1. The van der Waals surface area contributed by atoms with Gasteiger partial charge in [0.2, 0.25) is 5.91 Å². The maximum Gasteiger partial charge on any atom is 0.248 e. The number of likely N-dealkylation sites (tertiary alicyclic amines) is 1. The first-order valence-electron chi connectivity index (χ1n) is 2.99. The third kappa shape index (κ3) is 1.05. The van der Waals surface area contributed by atoms with Gasteiger partial charge in [0, 0.05) is 12.6 Å². The van der Waals surface area contributed by atoms with Crippen molar-refractivity contribution >= 4 is 5.91 Å². The standard InChI is InChI=1S/C6H10NO2/c1-5-2-3-7(5)6(9)4-8/h5,8H,1-4H2. The van der Waals surface area contributed by atoms with Gasteiger partial charge in [-0.15, -0.1) is 0 Å². The van der Waals surface area contributed by atoms with Crippen LogP contribution < -0.4 is 0 Å². The zero-order chi connectivity index (χ0) is 6.85. The van der Waals surface area contributed by atoms with E-state index in [-0.39, 0.29) is 18.6 Å². The molecule has 9 heavy (non-hydrogen) atoms. The normalized spacial score (nSPS) is 25.6. The molecule has 0 aromatic heterocycles. The van der Waals surface area contributed by atoms with E-state index in [9.17, 15) is 4.79 Å². The Morgan fingerprint density at radius 3 is 2.67 bits per heavy atom. The molecule has 0 saturated carbocycles. The molecule has 0 spiro atoms. The Kier molecular flexibility index (Phi) is 1.71. The lowest BCUT2D eigenvalue weighted by Crippen LogP contribution is -2.50. The van der Waals surface area contributed by atoms with E-state index in [0.717, 1.165) is 13.0 Å². The van der Waals surface area contributed by atoms with Crippen LogP contribution in [0.5, 0.6) is 0 Å². The predicted molar refractivity (Wildman–Crippen MR) is 32.6 cm³/mol. The molecule has 3 heteroatoms. The average molecular weight is 128 g/mol. The lowest BCUT2D eigenvalue weighted by molar-refractivity contribution is -0.140. The monoisotopic (exact) mass is 128 g/mol. The highest BCUT2D eigenvalue weighted by molar-refractivity contribution is 5.78. The van der Waals surface area contributed by atoms with Crippen LogP contribution in [0.2, 0.25) is 0 Å². The van der Waals surface area contributed by atoms with Crippen molar-refractivity contribution in [3.63, 3.8) is 0 Å². The zero-order valence-electron chi connectivity index (χ0n) is 5.21. The number of rotatable bonds is 1. The number of hydrogen-bond donors (Lipinski definition) is 1. The van der Waals surface area contributed by atoms with E-state index in [1.807, 2.05) is 0 Å². The van der Waals surface area contributed by atoms with Crippen molar-refractivity contribution in [3.8, 4) is 0 Å². The number of nitrogens with zero attached hydrogens (tertiary/aromatic N) is 1. The highest BCUT2D eigenvalue weighted by Crippen LogP contribution is 2.14. The van der Waals surface area contributed by atoms with E-state index in [1.54, 1.807) is 4.90 Å². The fourth-order valence-electron chi connectivity index (χ4n) is 0.860. The van der Waals surface area contributed by atoms with Gasteiger partial charge in [0.1, 0.15) is 6.61 Å². The lowest BCUT2D eigenvalue weighted by atomic mass is 10.1. The molecule has 3 nitrogen and oxygen atoms in total. The van der Waals surface area contributed by atoms with Crippen molar-refractivity contribution in [1.82, 2.24) is 4.90 Å². The van der Waals surface area contributed by atoms with Crippen LogP contribution in [-0.2, 0) is 4.79 Å². The van der Waals surface area contributed by atoms with Crippen LogP contribution in [0.1, 0.15) is 6.42 Å². The van der Waals surface area contributed by atoms with E-state index in [1.165, 1.54) is 0 Å². The summed E-state index contributed by atoms with van der Waals surface area (Å²) in [5.74, 6) is -0.207. The molecule has 1 heterocycles. The van der Waals surface area contributed by atoms with Crippen LogP contribution in [0.15, 0.2) is 0 Å². The topological polar surface area (TPSA) is 40.5 Å². The smallest absolute Gasteiger partial charge is 0.248 e. The van der Waals surface area contributed by atoms with Gasteiger partial charge in [-0.05, 0) is 13.3 Å². The zero-order valence-corrected chi connectivity index (χ0v) is 5.21. The van der Waals surface area contributed by atoms with E-state index in [0.29, 0.717) is 0 Å². The van der Waals surface area contributed by atoms with Gasteiger partial charge in [0.05, 0.1) is 0 Å². The summed E-state index contributed by atoms with van der Waals surface area (Å²) in [4.78, 5) is 12.2. The predicted octanol–water partition coefficient (Wildman–Crippen LogP) is -0.586. The molecule has 0 bridgehead atoms. The molecule has 1 rings (SSSR count). The summed E-state index contributed by atoms with van der Waals surface area (Å²) >= 11 is 0. The molecule has 1 N–H and O–H groups in total. The summed E-state index contributed by atoms with van der Waals surface area (Å²) in [7, 11) is 0. The molecule has 1 unspecified atom stereocenters. The third-order valence-corrected chi connectivity index (χ3v) is 1.60. The highest BCUT2D eigenvalue weighted by atomic mass is 16.3. The number of carbonyl (C=O) groups excluding carboxylic acids is 1. The van der Waals surface area contributed by atoms with Crippen molar-refractivity contribution < 1.29 is 9.90 Å². The fraction of sp³-hybridized carbons (Fsp3) is 0.667. The molecule has 1 fully saturated rings. The van der Waals surface area contributed by atoms with Crippen molar-refractivity contribution in [2.75, 3.05) is 13.2 Å². The maximum absolute atomic E-state index is 10.6. The Bertz CT molecular complexity index is 124. The number of carbonyl (C=O) groups is 1. The van der Waals surface area contributed by atoms with Crippen LogP contribution in [0.4, 0.5) is 0 Å². The molecule has 0 aromatic carbocycles. The van der Waals surface area contributed by atoms with Crippen molar-refractivity contribution in [3.05, 3.63) is 6.92 Å². The first-order chi connectivity index (χ1) is 4.25. The van der Waals surface area contributed by atoms with Gasteiger partial charge in [0.25, 0.3) is 0 Å². The molecule has 1 amide bonds. The Labute approximate surface area is 54.3 Å². The Balaban J connectivity index is 2.35. The molecule has 51 valence electrons.